The van der Waals surface area contributed by atoms with Gasteiger partial charge in [0.25, 0.3) is 9.84 Å². The Hall–Kier alpha value is -1.34. The minimum atomic E-state index is -3.64. The van der Waals surface area contributed by atoms with E-state index in [0.717, 1.165) is 0 Å². The summed E-state index contributed by atoms with van der Waals surface area (Å²) < 4.78 is 33.6. The summed E-state index contributed by atoms with van der Waals surface area (Å²) >= 11 is 2.90. The molecule has 0 saturated carbocycles. The molecule has 0 aliphatic carbocycles. The van der Waals surface area contributed by atoms with Gasteiger partial charge < -0.3 is 9.47 Å². The summed E-state index contributed by atoms with van der Waals surface area (Å²) in [6, 6.07) is 6.73. The second-order valence-electron chi connectivity index (χ2n) is 3.08. The molecule has 0 amide bonds. The number of para-hydroxylation sites is 2. The molecule has 7 heteroatoms. The van der Waals surface area contributed by atoms with Crippen LogP contribution in [0, 0.1) is 0 Å². The number of aliphatic imine (C=N–C) groups is 1. The summed E-state index contributed by atoms with van der Waals surface area (Å²) in [6.45, 7) is 0. The average Bonchev–Trinajstić information content (AvgIpc) is 2.57. The molecule has 0 fully saturated rings. The molecule has 0 N–H and O–H groups in total. The number of benzene rings is 1. The van der Waals surface area contributed by atoms with E-state index >= 15 is 0 Å². The molecular formula is C10H8BrNO4S. The van der Waals surface area contributed by atoms with Crippen molar-refractivity contribution in [2.24, 2.45) is 4.99 Å². The van der Waals surface area contributed by atoms with Crippen LogP contribution in [-0.4, -0.2) is 20.8 Å². The van der Waals surface area contributed by atoms with Gasteiger partial charge in [0.15, 0.2) is 11.5 Å². The van der Waals surface area contributed by atoms with Crippen molar-refractivity contribution in [2.75, 3.05) is 7.11 Å². The normalized spacial score (nSPS) is 17.3. The fraction of sp³-hybridized carbons (Fsp3) is 0.100. The average molecular weight is 318 g/mol. The Morgan fingerprint density at radius 2 is 1.88 bits per heavy atom. The summed E-state index contributed by atoms with van der Waals surface area (Å²) in [5.74, 6) is 0.737. The summed E-state index contributed by atoms with van der Waals surface area (Å²) in [7, 11) is -2.17. The van der Waals surface area contributed by atoms with E-state index in [1.54, 1.807) is 24.3 Å². The van der Waals surface area contributed by atoms with Crippen molar-refractivity contribution in [1.29, 1.82) is 0 Å². The molecule has 1 heterocycles. The van der Waals surface area contributed by atoms with E-state index in [4.69, 9.17) is 9.47 Å². The van der Waals surface area contributed by atoms with Crippen LogP contribution in [0.3, 0.4) is 0 Å². The number of hydrogen-bond donors (Lipinski definition) is 0. The van der Waals surface area contributed by atoms with Crippen molar-refractivity contribution in [1.82, 2.24) is 0 Å². The van der Waals surface area contributed by atoms with Crippen molar-refractivity contribution in [3.05, 3.63) is 34.3 Å². The Morgan fingerprint density at radius 1 is 1.24 bits per heavy atom. The number of hydrogen-bond acceptors (Lipinski definition) is 5. The van der Waals surface area contributed by atoms with Gasteiger partial charge >= 0.3 is 5.23 Å². The molecule has 0 bridgehead atoms. The summed E-state index contributed by atoms with van der Waals surface area (Å²) in [5.41, 5.74) is 0. The third-order valence-corrected chi connectivity index (χ3v) is 4.78. The lowest BCUT2D eigenvalue weighted by molar-refractivity contribution is 0.392. The maximum atomic E-state index is 11.7. The lowest BCUT2D eigenvalue weighted by atomic mass is 10.3. The van der Waals surface area contributed by atoms with E-state index < -0.39 is 9.84 Å². The van der Waals surface area contributed by atoms with Gasteiger partial charge in [-0.3, -0.25) is 0 Å². The molecule has 90 valence electrons. The number of halogens is 1. The van der Waals surface area contributed by atoms with Gasteiger partial charge in [-0.25, -0.2) is 13.4 Å². The molecule has 2 rings (SSSR count). The van der Waals surface area contributed by atoms with E-state index in [9.17, 15) is 8.42 Å². The molecule has 0 spiro atoms. The number of methoxy groups -OCH3 is 1. The van der Waals surface area contributed by atoms with E-state index in [1.807, 2.05) is 0 Å². The molecule has 17 heavy (non-hydrogen) atoms. The molecule has 0 saturated heterocycles. The Labute approximate surface area is 107 Å². The van der Waals surface area contributed by atoms with Gasteiger partial charge in [0.1, 0.15) is 3.81 Å². The molecule has 1 aliphatic rings. The molecule has 0 unspecified atom stereocenters. The molecule has 1 aromatic rings. The first kappa shape index (κ1) is 12.1. The van der Waals surface area contributed by atoms with Crippen molar-refractivity contribution in [2.45, 2.75) is 0 Å². The minimum absolute atomic E-state index is 0.0186. The Bertz CT molecular complexity index is 606. The van der Waals surface area contributed by atoms with Crippen LogP contribution in [0.4, 0.5) is 0 Å². The molecule has 1 aliphatic heterocycles. The second kappa shape index (κ2) is 4.50. The SMILES string of the molecule is COc1ccccc1OC1=NC=C(Br)S1(=O)=O. The Morgan fingerprint density at radius 3 is 2.41 bits per heavy atom. The molecule has 0 radical (unpaired) electrons. The first-order valence-corrected chi connectivity index (χ1v) is 6.83. The van der Waals surface area contributed by atoms with Crippen LogP contribution in [0.5, 0.6) is 11.5 Å². The molecule has 1 aromatic carbocycles. The second-order valence-corrected chi connectivity index (χ2v) is 6.26. The van der Waals surface area contributed by atoms with Crippen LogP contribution < -0.4 is 9.47 Å². The van der Waals surface area contributed by atoms with Crippen LogP contribution in [-0.2, 0) is 9.84 Å². The van der Waals surface area contributed by atoms with Gasteiger partial charge in [-0.2, -0.15) is 0 Å². The summed E-state index contributed by atoms with van der Waals surface area (Å²) in [6.07, 6.45) is 1.18. The zero-order valence-electron chi connectivity index (χ0n) is 8.75. The maximum Gasteiger partial charge on any atom is 0.321 e. The van der Waals surface area contributed by atoms with Crippen LogP contribution in [0.25, 0.3) is 0 Å². The maximum absolute atomic E-state index is 11.7. The largest absolute Gasteiger partial charge is 0.493 e. The number of nitrogens with zero attached hydrogens (tertiary/aromatic N) is 1. The number of rotatable bonds is 2. The third kappa shape index (κ3) is 2.20. The lowest BCUT2D eigenvalue weighted by Gasteiger charge is -2.08. The predicted molar refractivity (Wildman–Crippen MR) is 67.0 cm³/mol. The highest BCUT2D eigenvalue weighted by molar-refractivity contribution is 9.14. The van der Waals surface area contributed by atoms with Gasteiger partial charge in [-0.15, -0.1) is 0 Å². The zero-order chi connectivity index (χ0) is 12.5. The third-order valence-electron chi connectivity index (χ3n) is 2.02. The van der Waals surface area contributed by atoms with Gasteiger partial charge in [0.05, 0.1) is 13.3 Å². The standard InChI is InChI=1S/C10H8BrNO4S/c1-15-7-4-2-3-5-8(7)16-10-12-6-9(11)17(10,13)14/h2-6H,1H3. The van der Waals surface area contributed by atoms with Crippen LogP contribution >= 0.6 is 15.9 Å². The van der Waals surface area contributed by atoms with Crippen molar-refractivity contribution in [3.8, 4) is 11.5 Å². The molecule has 5 nitrogen and oxygen atoms in total. The molecule has 0 atom stereocenters. The van der Waals surface area contributed by atoms with E-state index in [0.29, 0.717) is 11.5 Å². The van der Waals surface area contributed by atoms with Crippen LogP contribution in [0.15, 0.2) is 39.3 Å². The molecular weight excluding hydrogens is 310 g/mol. The van der Waals surface area contributed by atoms with Crippen molar-refractivity contribution < 1.29 is 17.9 Å². The van der Waals surface area contributed by atoms with Crippen molar-refractivity contribution in [3.63, 3.8) is 0 Å². The van der Waals surface area contributed by atoms with E-state index in [2.05, 4.69) is 20.9 Å². The van der Waals surface area contributed by atoms with E-state index in [1.165, 1.54) is 13.3 Å². The van der Waals surface area contributed by atoms with Gasteiger partial charge in [-0.1, -0.05) is 12.1 Å². The monoisotopic (exact) mass is 317 g/mol. The van der Waals surface area contributed by atoms with Gasteiger partial charge in [0.2, 0.25) is 0 Å². The van der Waals surface area contributed by atoms with Crippen molar-refractivity contribution >= 4 is 31.0 Å². The fourth-order valence-corrected chi connectivity index (χ4v) is 2.47. The minimum Gasteiger partial charge on any atom is -0.493 e. The van der Waals surface area contributed by atoms with E-state index in [-0.39, 0.29) is 9.04 Å². The smallest absolute Gasteiger partial charge is 0.321 e. The highest BCUT2D eigenvalue weighted by Crippen LogP contribution is 2.30. The number of ether oxygens (including phenoxy) is 2. The number of sulfone groups is 1. The fourth-order valence-electron chi connectivity index (χ4n) is 1.20. The molecule has 0 aromatic heterocycles. The summed E-state index contributed by atoms with van der Waals surface area (Å²) in [5, 5.41) is -0.367. The topological polar surface area (TPSA) is 65.0 Å². The Balaban J connectivity index is 2.30. The first-order chi connectivity index (χ1) is 8.05. The lowest BCUT2D eigenvalue weighted by Crippen LogP contribution is -2.18. The Kier molecular flexibility index (Phi) is 3.21. The predicted octanol–water partition coefficient (Wildman–Crippen LogP) is 2.05. The first-order valence-electron chi connectivity index (χ1n) is 4.55. The summed E-state index contributed by atoms with van der Waals surface area (Å²) in [4.78, 5) is 3.68. The van der Waals surface area contributed by atoms with Crippen LogP contribution in [0.2, 0.25) is 0 Å². The van der Waals surface area contributed by atoms with Crippen LogP contribution in [0.1, 0.15) is 0 Å². The highest BCUT2D eigenvalue weighted by atomic mass is 79.9. The van der Waals surface area contributed by atoms with Gasteiger partial charge in [0, 0.05) is 0 Å². The van der Waals surface area contributed by atoms with Gasteiger partial charge in [-0.05, 0) is 28.1 Å². The quantitative estimate of drug-likeness (QED) is 0.837. The zero-order valence-corrected chi connectivity index (χ0v) is 11.2. The highest BCUT2D eigenvalue weighted by Gasteiger charge is 2.31.